The highest BCUT2D eigenvalue weighted by Crippen LogP contribution is 1.95. The molecule has 5 nitrogen and oxygen atoms in total. The van der Waals surface area contributed by atoms with Crippen LogP contribution in [0.15, 0.2) is 0 Å². The fourth-order valence-corrected chi connectivity index (χ4v) is 1.35. The zero-order chi connectivity index (χ0) is 12.9. The van der Waals surface area contributed by atoms with E-state index in [4.69, 9.17) is 9.47 Å². The topological polar surface area (TPSA) is 48.0 Å². The number of ether oxygens (including phenoxy) is 3. The summed E-state index contributed by atoms with van der Waals surface area (Å²) in [5.74, 6) is -0.179. The largest absolute Gasteiger partial charge is 0.469 e. The molecule has 0 unspecified atom stereocenters. The Morgan fingerprint density at radius 3 is 2.35 bits per heavy atom. The van der Waals surface area contributed by atoms with E-state index in [-0.39, 0.29) is 5.97 Å². The van der Waals surface area contributed by atoms with Gasteiger partial charge >= 0.3 is 5.97 Å². The van der Waals surface area contributed by atoms with Crippen LogP contribution in [0.2, 0.25) is 0 Å². The molecule has 0 aromatic carbocycles. The molecule has 0 aromatic heterocycles. The molecular formula is C12H25NO4. The molecule has 0 fully saturated rings. The van der Waals surface area contributed by atoms with E-state index < -0.39 is 0 Å². The van der Waals surface area contributed by atoms with Gasteiger partial charge in [0, 0.05) is 33.4 Å². The maximum atomic E-state index is 11.1. The number of carbonyl (C=O) groups is 1. The highest BCUT2D eigenvalue weighted by Gasteiger charge is 2.08. The van der Waals surface area contributed by atoms with Crippen molar-refractivity contribution in [1.29, 1.82) is 0 Å². The van der Waals surface area contributed by atoms with Crippen molar-refractivity contribution < 1.29 is 19.0 Å². The van der Waals surface area contributed by atoms with Gasteiger partial charge in [0.05, 0.1) is 26.7 Å². The quantitative estimate of drug-likeness (QED) is 0.401. The first-order valence-electron chi connectivity index (χ1n) is 6.10. The fraction of sp³-hybridized carbons (Fsp3) is 0.917. The number of carbonyl (C=O) groups excluding carboxylic acids is 1. The van der Waals surface area contributed by atoms with Crippen molar-refractivity contribution in [3.63, 3.8) is 0 Å². The molecule has 17 heavy (non-hydrogen) atoms. The smallest absolute Gasteiger partial charge is 0.306 e. The number of hydrogen-bond acceptors (Lipinski definition) is 5. The van der Waals surface area contributed by atoms with Gasteiger partial charge in [0.1, 0.15) is 0 Å². The molecule has 0 aliphatic carbocycles. The van der Waals surface area contributed by atoms with Crippen LogP contribution < -0.4 is 0 Å². The zero-order valence-electron chi connectivity index (χ0n) is 11.2. The third-order valence-corrected chi connectivity index (χ3v) is 2.37. The van der Waals surface area contributed by atoms with Gasteiger partial charge < -0.3 is 14.2 Å². The van der Waals surface area contributed by atoms with Crippen LogP contribution in [0.3, 0.4) is 0 Å². The highest BCUT2D eigenvalue weighted by molar-refractivity contribution is 5.69. The Morgan fingerprint density at radius 2 is 1.76 bits per heavy atom. The van der Waals surface area contributed by atoms with Crippen molar-refractivity contribution in [1.82, 2.24) is 4.90 Å². The third kappa shape index (κ3) is 10.2. The molecule has 0 saturated carbocycles. The maximum Gasteiger partial charge on any atom is 0.306 e. The molecule has 0 bridgehead atoms. The van der Waals surface area contributed by atoms with Crippen molar-refractivity contribution in [2.75, 3.05) is 53.7 Å². The van der Waals surface area contributed by atoms with Crippen LogP contribution in [0, 0.1) is 0 Å². The summed E-state index contributed by atoms with van der Waals surface area (Å²) in [5.41, 5.74) is 0. The van der Waals surface area contributed by atoms with Crippen LogP contribution in [0.1, 0.15) is 19.8 Å². The second kappa shape index (κ2) is 11.8. The molecular weight excluding hydrogens is 222 g/mol. The average molecular weight is 247 g/mol. The number of rotatable bonds is 11. The van der Waals surface area contributed by atoms with Gasteiger partial charge in [-0.15, -0.1) is 0 Å². The summed E-state index contributed by atoms with van der Waals surface area (Å²) in [4.78, 5) is 13.2. The van der Waals surface area contributed by atoms with E-state index in [1.165, 1.54) is 7.11 Å². The Labute approximate surface area is 104 Å². The number of nitrogens with zero attached hydrogens (tertiary/aromatic N) is 1. The lowest BCUT2D eigenvalue weighted by molar-refractivity contribution is -0.141. The van der Waals surface area contributed by atoms with Crippen LogP contribution in [0.4, 0.5) is 0 Å². The fourth-order valence-electron chi connectivity index (χ4n) is 1.35. The number of methoxy groups -OCH3 is 2. The van der Waals surface area contributed by atoms with E-state index in [9.17, 15) is 4.79 Å². The van der Waals surface area contributed by atoms with Crippen LogP contribution in [-0.2, 0) is 19.0 Å². The molecule has 102 valence electrons. The minimum absolute atomic E-state index is 0.179. The average Bonchev–Trinajstić information content (AvgIpc) is 2.36. The van der Waals surface area contributed by atoms with E-state index in [1.54, 1.807) is 7.11 Å². The van der Waals surface area contributed by atoms with Gasteiger partial charge in [-0.05, 0) is 6.42 Å². The molecule has 0 rings (SSSR count). The Kier molecular flexibility index (Phi) is 11.4. The summed E-state index contributed by atoms with van der Waals surface area (Å²) in [7, 11) is 3.08. The summed E-state index contributed by atoms with van der Waals surface area (Å²) in [6.07, 6.45) is 1.44. The van der Waals surface area contributed by atoms with E-state index in [2.05, 4.69) is 16.6 Å². The standard InChI is InChI=1S/C12H25NO4/c1-4-9-17-11-8-13(7-10-15-2)6-5-12(14)16-3/h4-11H2,1-3H3. The van der Waals surface area contributed by atoms with Crippen LogP contribution in [-0.4, -0.2) is 64.5 Å². The molecule has 0 radical (unpaired) electrons. The number of hydrogen-bond donors (Lipinski definition) is 0. The van der Waals surface area contributed by atoms with Crippen LogP contribution in [0.5, 0.6) is 0 Å². The van der Waals surface area contributed by atoms with Gasteiger partial charge in [-0.2, -0.15) is 0 Å². The van der Waals surface area contributed by atoms with Crippen molar-refractivity contribution >= 4 is 5.97 Å². The molecule has 0 atom stereocenters. The lowest BCUT2D eigenvalue weighted by Crippen LogP contribution is -2.33. The maximum absolute atomic E-state index is 11.1. The van der Waals surface area contributed by atoms with E-state index in [0.29, 0.717) is 26.2 Å². The highest BCUT2D eigenvalue weighted by atomic mass is 16.5. The van der Waals surface area contributed by atoms with Gasteiger partial charge in [0.25, 0.3) is 0 Å². The van der Waals surface area contributed by atoms with E-state index in [1.807, 2.05) is 0 Å². The molecule has 0 amide bonds. The Hall–Kier alpha value is -0.650. The monoisotopic (exact) mass is 247 g/mol. The minimum atomic E-state index is -0.179. The summed E-state index contributed by atoms with van der Waals surface area (Å²) < 4.78 is 15.1. The van der Waals surface area contributed by atoms with Crippen LogP contribution >= 0.6 is 0 Å². The van der Waals surface area contributed by atoms with Gasteiger partial charge in [-0.3, -0.25) is 9.69 Å². The summed E-state index contributed by atoms with van der Waals surface area (Å²) in [5, 5.41) is 0. The Morgan fingerprint density at radius 1 is 1.06 bits per heavy atom. The third-order valence-electron chi connectivity index (χ3n) is 2.37. The predicted octanol–water partition coefficient (Wildman–Crippen LogP) is 0.925. The minimum Gasteiger partial charge on any atom is -0.469 e. The first-order valence-corrected chi connectivity index (χ1v) is 6.10. The van der Waals surface area contributed by atoms with Crippen molar-refractivity contribution in [2.45, 2.75) is 19.8 Å². The lowest BCUT2D eigenvalue weighted by Gasteiger charge is -2.21. The predicted molar refractivity (Wildman–Crippen MR) is 66.1 cm³/mol. The SMILES string of the molecule is CCCOCCN(CCOC)CCC(=O)OC. The molecule has 0 aliphatic heterocycles. The molecule has 5 heteroatoms. The zero-order valence-corrected chi connectivity index (χ0v) is 11.2. The summed E-state index contributed by atoms with van der Waals surface area (Å²) in [6, 6.07) is 0. The van der Waals surface area contributed by atoms with Gasteiger partial charge in [0.2, 0.25) is 0 Å². The first-order chi connectivity index (χ1) is 8.24. The molecule has 0 aliphatic rings. The normalized spacial score (nSPS) is 10.8. The van der Waals surface area contributed by atoms with Crippen molar-refractivity contribution in [3.8, 4) is 0 Å². The lowest BCUT2D eigenvalue weighted by atomic mass is 10.3. The molecule has 0 N–H and O–H groups in total. The van der Waals surface area contributed by atoms with Crippen LogP contribution in [0.25, 0.3) is 0 Å². The summed E-state index contributed by atoms with van der Waals surface area (Å²) in [6.45, 7) is 6.54. The summed E-state index contributed by atoms with van der Waals surface area (Å²) >= 11 is 0. The van der Waals surface area contributed by atoms with Gasteiger partial charge in [-0.1, -0.05) is 6.92 Å². The van der Waals surface area contributed by atoms with Gasteiger partial charge in [-0.25, -0.2) is 0 Å². The Bertz CT molecular complexity index is 187. The van der Waals surface area contributed by atoms with Crippen molar-refractivity contribution in [3.05, 3.63) is 0 Å². The first kappa shape index (κ1) is 16.4. The molecule has 0 heterocycles. The molecule has 0 saturated heterocycles. The molecule has 0 aromatic rings. The van der Waals surface area contributed by atoms with E-state index >= 15 is 0 Å². The van der Waals surface area contributed by atoms with Crippen molar-refractivity contribution in [2.24, 2.45) is 0 Å². The van der Waals surface area contributed by atoms with E-state index in [0.717, 1.165) is 26.1 Å². The second-order valence-electron chi connectivity index (χ2n) is 3.77. The Balaban J connectivity index is 3.74. The molecule has 0 spiro atoms. The number of esters is 1. The second-order valence-corrected chi connectivity index (χ2v) is 3.77. The van der Waals surface area contributed by atoms with Gasteiger partial charge in [0.15, 0.2) is 0 Å².